The summed E-state index contributed by atoms with van der Waals surface area (Å²) < 4.78 is 5.60. The summed E-state index contributed by atoms with van der Waals surface area (Å²) in [6.07, 6.45) is 7.81. The monoisotopic (exact) mass is 165 g/mol. The molecule has 0 amide bonds. The van der Waals surface area contributed by atoms with Crippen LogP contribution in [0.4, 0.5) is 0 Å². The molecular formula is C10H15NO. The Labute approximate surface area is 73.2 Å². The van der Waals surface area contributed by atoms with E-state index in [1.165, 1.54) is 11.1 Å². The van der Waals surface area contributed by atoms with Crippen LogP contribution in [0.2, 0.25) is 0 Å². The maximum atomic E-state index is 5.60. The molecule has 0 aromatic heterocycles. The maximum Gasteiger partial charge on any atom is 0.123 e. The average molecular weight is 165 g/mol. The van der Waals surface area contributed by atoms with E-state index < -0.39 is 0 Å². The van der Waals surface area contributed by atoms with E-state index in [2.05, 4.69) is 32.1 Å². The van der Waals surface area contributed by atoms with Gasteiger partial charge in [0.1, 0.15) is 5.76 Å². The first-order valence-electron chi connectivity index (χ1n) is 4.04. The predicted octanol–water partition coefficient (Wildman–Crippen LogP) is 2.73. The first kappa shape index (κ1) is 9.07. The number of hydrogen-bond acceptors (Lipinski definition) is 2. The lowest BCUT2D eigenvalue weighted by atomic mass is 10.2. The van der Waals surface area contributed by atoms with Gasteiger partial charge in [0, 0.05) is 6.42 Å². The molecule has 2 heteroatoms. The Morgan fingerprint density at radius 2 is 2.08 bits per heavy atom. The summed E-state index contributed by atoms with van der Waals surface area (Å²) in [6, 6.07) is 0. The maximum absolute atomic E-state index is 5.60. The van der Waals surface area contributed by atoms with Gasteiger partial charge in [-0.2, -0.15) is 0 Å². The van der Waals surface area contributed by atoms with E-state index in [1.807, 2.05) is 0 Å². The van der Waals surface area contributed by atoms with Crippen molar-refractivity contribution in [3.05, 3.63) is 35.1 Å². The molecule has 2 aliphatic rings. The normalized spacial score (nSPS) is 18.4. The Morgan fingerprint density at radius 1 is 1.33 bits per heavy atom. The van der Waals surface area contributed by atoms with Crippen LogP contribution in [0.25, 0.3) is 0 Å². The van der Waals surface area contributed by atoms with E-state index in [0.717, 1.165) is 12.2 Å². The predicted molar refractivity (Wildman–Crippen MR) is 50.1 cm³/mol. The quantitative estimate of drug-likeness (QED) is 0.683. The molecule has 0 radical (unpaired) electrons. The highest BCUT2D eigenvalue weighted by atomic mass is 16.5. The number of fused-ring (bicyclic) bond motifs is 2. The zero-order valence-electron chi connectivity index (χ0n) is 7.63. The number of hydrogen-bond donors (Lipinski definition) is 1. The zero-order chi connectivity index (χ0) is 7.84. The highest BCUT2D eigenvalue weighted by Gasteiger charge is 2.18. The lowest BCUT2D eigenvalue weighted by molar-refractivity contribution is 0.156. The highest BCUT2D eigenvalue weighted by molar-refractivity contribution is 5.52. The molecule has 2 bridgehead atoms. The molecule has 66 valence electrons. The Balaban J connectivity index is 0.000000720. The van der Waals surface area contributed by atoms with Gasteiger partial charge in [-0.25, -0.2) is 0 Å². The third-order valence-electron chi connectivity index (χ3n) is 1.89. The van der Waals surface area contributed by atoms with Crippen molar-refractivity contribution in [3.8, 4) is 0 Å². The van der Waals surface area contributed by atoms with Crippen molar-refractivity contribution in [2.24, 2.45) is 0 Å². The molecule has 0 aromatic carbocycles. The van der Waals surface area contributed by atoms with Crippen molar-refractivity contribution in [3.63, 3.8) is 0 Å². The van der Waals surface area contributed by atoms with Gasteiger partial charge < -0.3 is 10.9 Å². The van der Waals surface area contributed by atoms with Crippen LogP contribution in [0.1, 0.15) is 20.3 Å². The fourth-order valence-corrected chi connectivity index (χ4v) is 1.44. The Morgan fingerprint density at radius 3 is 2.50 bits per heavy atom. The van der Waals surface area contributed by atoms with Gasteiger partial charge in [-0.1, -0.05) is 12.2 Å². The lowest BCUT2D eigenvalue weighted by Crippen LogP contribution is -2.01. The van der Waals surface area contributed by atoms with Crippen LogP contribution in [0.5, 0.6) is 0 Å². The minimum absolute atomic E-state index is 0. The van der Waals surface area contributed by atoms with Crippen LogP contribution in [-0.4, -0.2) is 6.10 Å². The average Bonchev–Trinajstić information content (AvgIpc) is 2.45. The first-order chi connectivity index (χ1) is 5.25. The Kier molecular flexibility index (Phi) is 2.38. The first-order valence-corrected chi connectivity index (χ1v) is 4.04. The van der Waals surface area contributed by atoms with E-state index in [9.17, 15) is 0 Å². The van der Waals surface area contributed by atoms with Crippen molar-refractivity contribution >= 4 is 0 Å². The van der Waals surface area contributed by atoms with Crippen LogP contribution in [-0.2, 0) is 4.74 Å². The van der Waals surface area contributed by atoms with Crippen molar-refractivity contribution in [2.45, 2.75) is 26.4 Å². The van der Waals surface area contributed by atoms with Crippen LogP contribution in [0.3, 0.4) is 0 Å². The molecule has 2 nitrogen and oxygen atoms in total. The molecular weight excluding hydrogens is 150 g/mol. The van der Waals surface area contributed by atoms with Crippen molar-refractivity contribution in [2.75, 3.05) is 0 Å². The topological polar surface area (TPSA) is 44.2 Å². The molecule has 12 heavy (non-hydrogen) atoms. The summed E-state index contributed by atoms with van der Waals surface area (Å²) in [4.78, 5) is 0. The van der Waals surface area contributed by atoms with Gasteiger partial charge in [0.15, 0.2) is 0 Å². The van der Waals surface area contributed by atoms with E-state index in [1.54, 1.807) is 0 Å². The second-order valence-electron chi connectivity index (χ2n) is 3.29. The van der Waals surface area contributed by atoms with Gasteiger partial charge in [0.25, 0.3) is 0 Å². The minimum Gasteiger partial charge on any atom is -0.491 e. The van der Waals surface area contributed by atoms with Gasteiger partial charge in [-0.05, 0) is 31.1 Å². The van der Waals surface area contributed by atoms with E-state index >= 15 is 0 Å². The summed E-state index contributed by atoms with van der Waals surface area (Å²) in [5, 5.41) is 0. The van der Waals surface area contributed by atoms with Gasteiger partial charge in [-0.3, -0.25) is 0 Å². The standard InChI is InChI=1S/C10H12O.H3N/c1-7(2)11-10-6-8-3-4-9(10)5-8;/h3-4,6-7H,5H2,1-2H3;1H3. The number of ether oxygens (including phenoxy) is 1. The minimum atomic E-state index is 0. The summed E-state index contributed by atoms with van der Waals surface area (Å²) in [7, 11) is 0. The summed E-state index contributed by atoms with van der Waals surface area (Å²) in [6.45, 7) is 4.11. The van der Waals surface area contributed by atoms with Crippen LogP contribution < -0.4 is 6.15 Å². The molecule has 0 atom stereocenters. The molecule has 2 rings (SSSR count). The fraction of sp³-hybridized carbons (Fsp3) is 0.400. The molecule has 0 saturated carbocycles. The third-order valence-corrected chi connectivity index (χ3v) is 1.89. The zero-order valence-corrected chi connectivity index (χ0v) is 7.63. The molecule has 0 aromatic rings. The van der Waals surface area contributed by atoms with Crippen LogP contribution in [0, 0.1) is 0 Å². The van der Waals surface area contributed by atoms with E-state index in [0.29, 0.717) is 6.10 Å². The van der Waals surface area contributed by atoms with Crippen molar-refractivity contribution in [1.29, 1.82) is 0 Å². The summed E-state index contributed by atoms with van der Waals surface area (Å²) >= 11 is 0. The number of allylic oxidation sites excluding steroid dienone is 5. The van der Waals surface area contributed by atoms with E-state index in [4.69, 9.17) is 4.74 Å². The largest absolute Gasteiger partial charge is 0.491 e. The Bertz CT molecular complexity index is 272. The van der Waals surface area contributed by atoms with Crippen molar-refractivity contribution < 1.29 is 4.74 Å². The second-order valence-corrected chi connectivity index (χ2v) is 3.29. The Hall–Kier alpha value is -1.02. The molecule has 0 fully saturated rings. The summed E-state index contributed by atoms with van der Waals surface area (Å²) in [5.74, 6) is 1.08. The van der Waals surface area contributed by atoms with Gasteiger partial charge in [0.05, 0.1) is 6.10 Å². The summed E-state index contributed by atoms with van der Waals surface area (Å²) in [5.41, 5.74) is 2.73. The SMILES string of the molecule is CC(C)OC1=C2C=CC(=C1)C2.N. The van der Waals surface area contributed by atoms with Gasteiger partial charge >= 0.3 is 0 Å². The van der Waals surface area contributed by atoms with Crippen LogP contribution >= 0.6 is 0 Å². The molecule has 0 spiro atoms. The molecule has 2 aliphatic carbocycles. The highest BCUT2D eigenvalue weighted by Crippen LogP contribution is 2.34. The van der Waals surface area contributed by atoms with Gasteiger partial charge in [-0.15, -0.1) is 0 Å². The molecule has 0 saturated heterocycles. The molecule has 0 unspecified atom stereocenters. The lowest BCUT2D eigenvalue weighted by Gasteiger charge is -2.10. The smallest absolute Gasteiger partial charge is 0.123 e. The molecule has 0 heterocycles. The van der Waals surface area contributed by atoms with Crippen molar-refractivity contribution in [1.82, 2.24) is 6.15 Å². The van der Waals surface area contributed by atoms with Gasteiger partial charge in [0.2, 0.25) is 0 Å². The number of rotatable bonds is 2. The third kappa shape index (κ3) is 1.43. The van der Waals surface area contributed by atoms with E-state index in [-0.39, 0.29) is 6.15 Å². The van der Waals surface area contributed by atoms with Crippen LogP contribution in [0.15, 0.2) is 35.1 Å². The molecule has 0 aliphatic heterocycles. The molecule has 3 N–H and O–H groups in total. The fourth-order valence-electron chi connectivity index (χ4n) is 1.44. The second kappa shape index (κ2) is 3.15.